The van der Waals surface area contributed by atoms with E-state index in [-0.39, 0.29) is 24.5 Å². The summed E-state index contributed by atoms with van der Waals surface area (Å²) in [6, 6.07) is 0. The van der Waals surface area contributed by atoms with Gasteiger partial charge in [0.25, 0.3) is 0 Å². The maximum Gasteiger partial charge on any atom is 0.0755 e. The number of fused-ring (bicyclic) bond motifs is 1. The van der Waals surface area contributed by atoms with Crippen LogP contribution in [0.2, 0.25) is 0 Å². The monoisotopic (exact) mass is 403 g/mol. The molecular formula is C25H41NO3. The molecule has 0 radical (unpaired) electrons. The van der Waals surface area contributed by atoms with Crippen LogP contribution in [-0.2, 0) is 0 Å². The van der Waals surface area contributed by atoms with Gasteiger partial charge in [-0.05, 0) is 76.3 Å². The number of aliphatic hydroxyl groups excluding tert-OH is 3. The van der Waals surface area contributed by atoms with Crippen molar-refractivity contribution in [2.24, 2.45) is 23.7 Å². The van der Waals surface area contributed by atoms with Gasteiger partial charge < -0.3 is 20.6 Å². The Bertz CT molecular complexity index is 589. The molecule has 1 saturated carbocycles. The number of hydrogen-bond donors (Lipinski definition) is 4. The van der Waals surface area contributed by atoms with E-state index in [2.05, 4.69) is 29.3 Å². The molecule has 164 valence electrons. The summed E-state index contributed by atoms with van der Waals surface area (Å²) in [5.74, 6) is 7.18. The van der Waals surface area contributed by atoms with E-state index in [0.717, 1.165) is 32.4 Å². The number of rotatable bonds is 13. The molecule has 0 aromatic rings. The minimum atomic E-state index is -0.498. The molecule has 0 unspecified atom stereocenters. The van der Waals surface area contributed by atoms with E-state index in [1.807, 2.05) is 19.9 Å². The van der Waals surface area contributed by atoms with Crippen LogP contribution >= 0.6 is 0 Å². The summed E-state index contributed by atoms with van der Waals surface area (Å²) in [5, 5.41) is 33.0. The summed E-state index contributed by atoms with van der Waals surface area (Å²) in [7, 11) is 0. The molecule has 0 saturated heterocycles. The lowest BCUT2D eigenvalue weighted by Crippen LogP contribution is -2.19. The van der Waals surface area contributed by atoms with Crippen molar-refractivity contribution in [2.75, 3.05) is 19.7 Å². The van der Waals surface area contributed by atoms with Gasteiger partial charge in [-0.15, -0.1) is 11.8 Å². The minimum Gasteiger partial charge on any atom is -0.396 e. The molecule has 0 aromatic carbocycles. The zero-order valence-corrected chi connectivity index (χ0v) is 18.3. The number of allylic oxidation sites excluding steroid dienone is 2. The van der Waals surface area contributed by atoms with Crippen molar-refractivity contribution in [1.82, 2.24) is 5.32 Å². The lowest BCUT2D eigenvalue weighted by Gasteiger charge is -2.20. The molecule has 2 aliphatic carbocycles. The highest BCUT2D eigenvalue weighted by molar-refractivity contribution is 5.21. The van der Waals surface area contributed by atoms with Gasteiger partial charge in [0.15, 0.2) is 0 Å². The summed E-state index contributed by atoms with van der Waals surface area (Å²) in [6.45, 7) is 6.05. The third-order valence-electron chi connectivity index (χ3n) is 6.53. The molecule has 2 aliphatic rings. The largest absolute Gasteiger partial charge is 0.396 e. The second kappa shape index (κ2) is 13.2. The number of aliphatic hydroxyl groups is 3. The molecule has 0 aromatic heterocycles. The predicted molar refractivity (Wildman–Crippen MR) is 119 cm³/mol. The Labute approximate surface area is 177 Å². The van der Waals surface area contributed by atoms with Gasteiger partial charge in [0, 0.05) is 18.9 Å². The van der Waals surface area contributed by atoms with E-state index in [1.54, 1.807) is 5.57 Å². The molecule has 4 N–H and O–H groups in total. The summed E-state index contributed by atoms with van der Waals surface area (Å²) < 4.78 is 0. The van der Waals surface area contributed by atoms with Gasteiger partial charge >= 0.3 is 0 Å². The van der Waals surface area contributed by atoms with Crippen LogP contribution in [0.1, 0.15) is 65.2 Å². The van der Waals surface area contributed by atoms with E-state index in [4.69, 9.17) is 5.11 Å². The van der Waals surface area contributed by atoms with E-state index in [1.165, 1.54) is 25.7 Å². The van der Waals surface area contributed by atoms with Crippen molar-refractivity contribution in [2.45, 2.75) is 77.4 Å². The van der Waals surface area contributed by atoms with Crippen LogP contribution < -0.4 is 5.32 Å². The van der Waals surface area contributed by atoms with Gasteiger partial charge in [-0.2, -0.15) is 0 Å². The van der Waals surface area contributed by atoms with E-state index >= 15 is 0 Å². The summed E-state index contributed by atoms with van der Waals surface area (Å²) in [5.41, 5.74) is 1.56. The first-order valence-electron chi connectivity index (χ1n) is 11.5. The first-order chi connectivity index (χ1) is 14.1. The van der Waals surface area contributed by atoms with E-state index in [0.29, 0.717) is 18.3 Å². The average Bonchev–Trinajstić information content (AvgIpc) is 3.22. The van der Waals surface area contributed by atoms with Gasteiger partial charge in [-0.3, -0.25) is 0 Å². The molecule has 0 aliphatic heterocycles. The van der Waals surface area contributed by atoms with Gasteiger partial charge in [-0.1, -0.05) is 37.1 Å². The smallest absolute Gasteiger partial charge is 0.0755 e. The quantitative estimate of drug-likeness (QED) is 0.216. The van der Waals surface area contributed by atoms with Crippen LogP contribution in [0, 0.1) is 35.5 Å². The average molecular weight is 404 g/mol. The number of nitrogens with one attached hydrogen (secondary N) is 1. The summed E-state index contributed by atoms with van der Waals surface area (Å²) in [6.07, 6.45) is 13.9. The summed E-state index contributed by atoms with van der Waals surface area (Å²) >= 11 is 0. The zero-order valence-electron chi connectivity index (χ0n) is 18.3. The molecule has 0 heterocycles. The highest BCUT2D eigenvalue weighted by Crippen LogP contribution is 2.48. The molecule has 0 bridgehead atoms. The Morgan fingerprint density at radius 1 is 1.24 bits per heavy atom. The van der Waals surface area contributed by atoms with Crippen LogP contribution in [0.15, 0.2) is 23.8 Å². The van der Waals surface area contributed by atoms with Crippen LogP contribution in [0.4, 0.5) is 0 Å². The minimum absolute atomic E-state index is 0.114. The number of unbranched alkanes of at least 4 members (excludes halogenated alkanes) is 2. The van der Waals surface area contributed by atoms with Crippen LogP contribution in [-0.4, -0.2) is 47.2 Å². The molecule has 4 heteroatoms. The van der Waals surface area contributed by atoms with Crippen LogP contribution in [0.5, 0.6) is 0 Å². The maximum atomic E-state index is 10.5. The van der Waals surface area contributed by atoms with Crippen molar-refractivity contribution in [1.29, 1.82) is 0 Å². The highest BCUT2D eigenvalue weighted by atomic mass is 16.3. The van der Waals surface area contributed by atoms with Crippen molar-refractivity contribution < 1.29 is 15.3 Å². The molecule has 0 spiro atoms. The second-order valence-corrected chi connectivity index (χ2v) is 8.86. The van der Waals surface area contributed by atoms with Crippen LogP contribution in [0.3, 0.4) is 0 Å². The van der Waals surface area contributed by atoms with Crippen molar-refractivity contribution >= 4 is 0 Å². The van der Waals surface area contributed by atoms with Crippen molar-refractivity contribution in [3.8, 4) is 11.8 Å². The van der Waals surface area contributed by atoms with E-state index < -0.39 is 6.10 Å². The molecule has 6 atom stereocenters. The third kappa shape index (κ3) is 7.90. The maximum absolute atomic E-state index is 10.5. The zero-order chi connectivity index (χ0) is 21.1. The fourth-order valence-electron chi connectivity index (χ4n) is 4.71. The number of hydrogen-bond acceptors (Lipinski definition) is 4. The molecular weight excluding hydrogens is 362 g/mol. The predicted octanol–water partition coefficient (Wildman–Crippen LogP) is 3.43. The first kappa shape index (κ1) is 24.2. The van der Waals surface area contributed by atoms with E-state index in [9.17, 15) is 10.2 Å². The fourth-order valence-corrected chi connectivity index (χ4v) is 4.71. The Morgan fingerprint density at radius 3 is 2.79 bits per heavy atom. The van der Waals surface area contributed by atoms with Crippen LogP contribution in [0.25, 0.3) is 0 Å². The highest BCUT2D eigenvalue weighted by Gasteiger charge is 2.43. The lowest BCUT2D eigenvalue weighted by molar-refractivity contribution is 0.137. The molecule has 1 fully saturated rings. The Balaban J connectivity index is 1.71. The first-order valence-corrected chi connectivity index (χ1v) is 11.5. The van der Waals surface area contributed by atoms with Crippen molar-refractivity contribution in [3.05, 3.63) is 23.8 Å². The van der Waals surface area contributed by atoms with Gasteiger partial charge in [0.2, 0.25) is 0 Å². The molecule has 29 heavy (non-hydrogen) atoms. The standard InChI is InChI=1S/C25H41NO3/c1-3-4-9-19(2)24(28)12-11-22-23-17-20(16-21(23)18-25(22)29)10-6-5-7-13-26-14-8-15-27/h11-12,16,19,21-29H,5-10,13-15,17-18H2,1-2H3/b12-11+/t19-,21-,22+,23-,24+,25+/m0/s1. The Hall–Kier alpha value is -1.12. The molecule has 0 amide bonds. The topological polar surface area (TPSA) is 72.7 Å². The normalized spacial score (nSPS) is 28.1. The SMILES string of the molecule is CC#CC[C@H](C)[C@H](O)/C=C/[C@@H]1[C@H]2CC(CCCCCNCCCO)=C[C@H]2C[C@H]1O. The second-order valence-electron chi connectivity index (χ2n) is 8.86. The summed E-state index contributed by atoms with van der Waals surface area (Å²) in [4.78, 5) is 0. The van der Waals surface area contributed by atoms with Gasteiger partial charge in [0.1, 0.15) is 0 Å². The van der Waals surface area contributed by atoms with Crippen molar-refractivity contribution in [3.63, 3.8) is 0 Å². The Kier molecular flexibility index (Phi) is 11.0. The van der Waals surface area contributed by atoms with Gasteiger partial charge in [-0.25, -0.2) is 0 Å². The Morgan fingerprint density at radius 2 is 2.03 bits per heavy atom. The lowest BCUT2D eigenvalue weighted by atomic mass is 9.88. The fraction of sp³-hybridized carbons (Fsp3) is 0.760. The van der Waals surface area contributed by atoms with Gasteiger partial charge in [0.05, 0.1) is 12.2 Å². The molecule has 2 rings (SSSR count). The third-order valence-corrected chi connectivity index (χ3v) is 6.53. The molecule has 4 nitrogen and oxygen atoms in total.